The Kier molecular flexibility index (Phi) is 9.11. The van der Waals surface area contributed by atoms with E-state index in [9.17, 15) is 9.59 Å². The quantitative estimate of drug-likeness (QED) is 0.389. The summed E-state index contributed by atoms with van der Waals surface area (Å²) in [6, 6.07) is 19.2. The highest BCUT2D eigenvalue weighted by molar-refractivity contribution is 5.68. The Labute approximate surface area is 204 Å². The van der Waals surface area contributed by atoms with Gasteiger partial charge in [-0.1, -0.05) is 35.5 Å². The number of aromatic nitrogens is 1. The van der Waals surface area contributed by atoms with Crippen LogP contribution in [-0.2, 0) is 22.7 Å². The molecule has 0 saturated heterocycles. The van der Waals surface area contributed by atoms with Crippen molar-refractivity contribution in [1.82, 2.24) is 15.8 Å². The third-order valence-electron chi connectivity index (χ3n) is 4.59. The first-order valence-corrected chi connectivity index (χ1v) is 11.4. The lowest BCUT2D eigenvalue weighted by Gasteiger charge is -2.19. The molecule has 2 amide bonds. The molecule has 0 saturated carbocycles. The maximum Gasteiger partial charge on any atom is 0.407 e. The van der Waals surface area contributed by atoms with E-state index in [0.29, 0.717) is 37.6 Å². The SMILES string of the molecule is CC(C)(C)OC(=O)NCCCNC(=O)OCc1cc(-c2ccc(OCc3ccccc3)cc2)no1. The molecule has 2 aromatic carbocycles. The molecule has 0 radical (unpaired) electrons. The molecular weight excluding hydrogens is 450 g/mol. The summed E-state index contributed by atoms with van der Waals surface area (Å²) in [6.07, 6.45) is -0.540. The molecule has 35 heavy (non-hydrogen) atoms. The van der Waals surface area contributed by atoms with Gasteiger partial charge in [-0.15, -0.1) is 0 Å². The Hall–Kier alpha value is -4.01. The van der Waals surface area contributed by atoms with Crippen LogP contribution in [0.4, 0.5) is 9.59 Å². The van der Waals surface area contributed by atoms with Crippen LogP contribution in [0.5, 0.6) is 5.75 Å². The maximum absolute atomic E-state index is 11.9. The van der Waals surface area contributed by atoms with Gasteiger partial charge in [-0.25, -0.2) is 9.59 Å². The average Bonchev–Trinajstić information content (AvgIpc) is 3.30. The third-order valence-corrected chi connectivity index (χ3v) is 4.59. The number of alkyl carbamates (subject to hydrolysis) is 2. The molecule has 0 aliphatic carbocycles. The molecule has 0 spiro atoms. The fourth-order valence-corrected chi connectivity index (χ4v) is 2.95. The lowest BCUT2D eigenvalue weighted by Crippen LogP contribution is -2.34. The van der Waals surface area contributed by atoms with Crippen LogP contribution in [0.25, 0.3) is 11.3 Å². The molecular formula is C26H31N3O6. The van der Waals surface area contributed by atoms with Gasteiger partial charge in [0.05, 0.1) is 0 Å². The summed E-state index contributed by atoms with van der Waals surface area (Å²) >= 11 is 0. The molecule has 3 rings (SSSR count). The minimum Gasteiger partial charge on any atom is -0.489 e. The first-order valence-electron chi connectivity index (χ1n) is 11.4. The number of benzene rings is 2. The Morgan fingerprint density at radius 1 is 0.914 bits per heavy atom. The van der Waals surface area contributed by atoms with Crippen LogP contribution in [-0.4, -0.2) is 36.0 Å². The molecule has 0 aliphatic heterocycles. The zero-order valence-electron chi connectivity index (χ0n) is 20.2. The summed E-state index contributed by atoms with van der Waals surface area (Å²) in [7, 11) is 0. The molecule has 186 valence electrons. The highest BCUT2D eigenvalue weighted by Gasteiger charge is 2.15. The van der Waals surface area contributed by atoms with E-state index in [1.54, 1.807) is 26.8 Å². The molecule has 1 aromatic heterocycles. The number of nitrogens with zero attached hydrogens (tertiary/aromatic N) is 1. The van der Waals surface area contributed by atoms with Crippen molar-refractivity contribution in [3.63, 3.8) is 0 Å². The van der Waals surface area contributed by atoms with Gasteiger partial charge in [0.25, 0.3) is 0 Å². The number of hydrogen-bond acceptors (Lipinski definition) is 7. The number of hydrogen-bond donors (Lipinski definition) is 2. The monoisotopic (exact) mass is 481 g/mol. The minimum absolute atomic E-state index is 0.0484. The number of rotatable bonds is 10. The fraction of sp³-hybridized carbons (Fsp3) is 0.346. The van der Waals surface area contributed by atoms with E-state index in [2.05, 4.69) is 15.8 Å². The Morgan fingerprint density at radius 3 is 2.29 bits per heavy atom. The molecule has 9 nitrogen and oxygen atoms in total. The van der Waals surface area contributed by atoms with Crippen LogP contribution in [0.2, 0.25) is 0 Å². The van der Waals surface area contributed by atoms with Crippen molar-refractivity contribution in [2.45, 2.75) is 46.0 Å². The van der Waals surface area contributed by atoms with Gasteiger partial charge in [0, 0.05) is 24.7 Å². The Bertz CT molecular complexity index is 1070. The smallest absolute Gasteiger partial charge is 0.407 e. The standard InChI is InChI=1S/C26H31N3O6/c1-26(2,3)34-25(31)28-15-7-14-27-24(30)33-18-22-16-23(29-35-22)20-10-12-21(13-11-20)32-17-19-8-5-4-6-9-19/h4-6,8-13,16H,7,14-15,17-18H2,1-3H3,(H,27,30)(H,28,31). The molecule has 3 aromatic rings. The largest absolute Gasteiger partial charge is 0.489 e. The summed E-state index contributed by atoms with van der Waals surface area (Å²) < 4.78 is 21.3. The first-order chi connectivity index (χ1) is 16.8. The van der Waals surface area contributed by atoms with Gasteiger partial charge in [0.1, 0.15) is 23.7 Å². The Balaban J connectivity index is 1.34. The number of amides is 2. The lowest BCUT2D eigenvalue weighted by molar-refractivity contribution is 0.0527. The predicted molar refractivity (Wildman–Crippen MR) is 130 cm³/mol. The van der Waals surface area contributed by atoms with Crippen LogP contribution in [0.3, 0.4) is 0 Å². The molecule has 0 atom stereocenters. The van der Waals surface area contributed by atoms with E-state index in [1.165, 1.54) is 0 Å². The van der Waals surface area contributed by atoms with E-state index in [-0.39, 0.29) is 6.61 Å². The summed E-state index contributed by atoms with van der Waals surface area (Å²) in [6.45, 7) is 6.54. The van der Waals surface area contributed by atoms with Crippen LogP contribution < -0.4 is 15.4 Å². The molecule has 0 bridgehead atoms. The molecule has 2 N–H and O–H groups in total. The molecule has 1 heterocycles. The van der Waals surface area contributed by atoms with Gasteiger partial charge in [-0.2, -0.15) is 0 Å². The van der Waals surface area contributed by atoms with Gasteiger partial charge in [-0.3, -0.25) is 0 Å². The van der Waals surface area contributed by atoms with Crippen molar-refractivity contribution in [2.24, 2.45) is 0 Å². The normalized spacial score (nSPS) is 10.9. The van der Waals surface area contributed by atoms with E-state index < -0.39 is 17.8 Å². The summed E-state index contributed by atoms with van der Waals surface area (Å²) in [5.74, 6) is 1.17. The van der Waals surface area contributed by atoms with E-state index in [4.69, 9.17) is 18.7 Å². The number of carbonyl (C=O) groups is 2. The number of ether oxygens (including phenoxy) is 3. The zero-order chi connectivity index (χ0) is 25.1. The summed E-state index contributed by atoms with van der Waals surface area (Å²) in [4.78, 5) is 23.4. The summed E-state index contributed by atoms with van der Waals surface area (Å²) in [5, 5.41) is 9.27. The van der Waals surface area contributed by atoms with Crippen LogP contribution in [0.1, 0.15) is 38.5 Å². The fourth-order valence-electron chi connectivity index (χ4n) is 2.95. The third kappa shape index (κ3) is 9.40. The highest BCUT2D eigenvalue weighted by Crippen LogP contribution is 2.23. The van der Waals surface area contributed by atoms with E-state index in [0.717, 1.165) is 16.9 Å². The van der Waals surface area contributed by atoms with Crippen molar-refractivity contribution in [1.29, 1.82) is 0 Å². The van der Waals surface area contributed by atoms with Gasteiger partial charge in [0.2, 0.25) is 0 Å². The van der Waals surface area contributed by atoms with Crippen molar-refractivity contribution in [3.05, 3.63) is 72.0 Å². The van der Waals surface area contributed by atoms with Gasteiger partial charge in [-0.05, 0) is 57.0 Å². The van der Waals surface area contributed by atoms with Crippen LogP contribution in [0, 0.1) is 0 Å². The molecule has 0 fully saturated rings. The van der Waals surface area contributed by atoms with Crippen molar-refractivity contribution in [3.8, 4) is 17.0 Å². The second kappa shape index (κ2) is 12.5. The zero-order valence-corrected chi connectivity index (χ0v) is 20.2. The van der Waals surface area contributed by atoms with Gasteiger partial charge >= 0.3 is 12.2 Å². The maximum atomic E-state index is 11.9. The minimum atomic E-state index is -0.583. The molecule has 0 unspecified atom stereocenters. The van der Waals surface area contributed by atoms with Crippen molar-refractivity contribution < 1.29 is 28.3 Å². The molecule has 0 aliphatic rings. The number of nitrogens with one attached hydrogen (secondary N) is 2. The average molecular weight is 482 g/mol. The first kappa shape index (κ1) is 25.6. The van der Waals surface area contributed by atoms with Crippen LogP contribution in [0.15, 0.2) is 65.2 Å². The summed E-state index contributed by atoms with van der Waals surface area (Å²) in [5.41, 5.74) is 2.03. The topological polar surface area (TPSA) is 112 Å². The van der Waals surface area contributed by atoms with Gasteiger partial charge in [0.15, 0.2) is 12.4 Å². The second-order valence-electron chi connectivity index (χ2n) is 8.76. The predicted octanol–water partition coefficient (Wildman–Crippen LogP) is 5.06. The molecule has 9 heteroatoms. The van der Waals surface area contributed by atoms with E-state index >= 15 is 0 Å². The number of carbonyl (C=O) groups excluding carboxylic acids is 2. The van der Waals surface area contributed by atoms with Crippen molar-refractivity contribution in [2.75, 3.05) is 13.1 Å². The lowest BCUT2D eigenvalue weighted by atomic mass is 10.1. The second-order valence-corrected chi connectivity index (χ2v) is 8.76. The van der Waals surface area contributed by atoms with E-state index in [1.807, 2.05) is 54.6 Å². The highest BCUT2D eigenvalue weighted by atomic mass is 16.6. The van der Waals surface area contributed by atoms with Crippen LogP contribution >= 0.6 is 0 Å². The Morgan fingerprint density at radius 2 is 1.60 bits per heavy atom. The van der Waals surface area contributed by atoms with Gasteiger partial charge < -0.3 is 29.4 Å². The van der Waals surface area contributed by atoms with Crippen molar-refractivity contribution >= 4 is 12.2 Å².